The van der Waals surface area contributed by atoms with Crippen LogP contribution in [-0.2, 0) is 6.54 Å². The van der Waals surface area contributed by atoms with Crippen LogP contribution in [0, 0.1) is 7.43 Å². The van der Waals surface area contributed by atoms with Crippen molar-refractivity contribution >= 4 is 6.08 Å². The van der Waals surface area contributed by atoms with Crippen molar-refractivity contribution in [1.82, 2.24) is 0 Å². The number of nitrogens with zero attached hydrogens (tertiary/aromatic N) is 1. The minimum absolute atomic E-state index is 0. The number of pyridine rings is 1. The maximum atomic E-state index is 3.68. The van der Waals surface area contributed by atoms with E-state index in [1.54, 1.807) is 0 Å². The van der Waals surface area contributed by atoms with Gasteiger partial charge in [-0.15, -0.1) is 0 Å². The monoisotopic (exact) mass is 149 g/mol. The van der Waals surface area contributed by atoms with Crippen LogP contribution in [-0.4, -0.2) is 0 Å². The van der Waals surface area contributed by atoms with Crippen LogP contribution in [0.2, 0.25) is 0 Å². The number of aryl methyl sites for hydroxylation is 1. The number of hydrogen-bond acceptors (Lipinski definition) is 0. The maximum Gasteiger partial charge on any atom is 0.169 e. The molecule has 0 aromatic carbocycles. The van der Waals surface area contributed by atoms with Crippen molar-refractivity contribution < 1.29 is 4.57 Å². The molecule has 0 atom stereocenters. The molecule has 60 valence electrons. The van der Waals surface area contributed by atoms with Gasteiger partial charge in [-0.1, -0.05) is 12.7 Å². The van der Waals surface area contributed by atoms with Crippen LogP contribution in [0.1, 0.15) is 12.5 Å². The van der Waals surface area contributed by atoms with Crippen LogP contribution in [0.3, 0.4) is 0 Å². The second-order valence-corrected chi connectivity index (χ2v) is 2.17. The van der Waals surface area contributed by atoms with E-state index in [1.165, 1.54) is 5.56 Å². The normalized spacial score (nSPS) is 8.45. The lowest BCUT2D eigenvalue weighted by Crippen LogP contribution is -2.30. The van der Waals surface area contributed by atoms with Gasteiger partial charge in [0.25, 0.3) is 0 Å². The summed E-state index contributed by atoms with van der Waals surface area (Å²) in [6, 6.07) is 4.10. The predicted octanol–water partition coefficient (Wildman–Crippen LogP) is 2.09. The lowest BCUT2D eigenvalue weighted by molar-refractivity contribution is -0.693. The molecule has 1 nitrogen and oxygen atoms in total. The highest BCUT2D eigenvalue weighted by Gasteiger charge is 1.92. The van der Waals surface area contributed by atoms with Gasteiger partial charge in [0.15, 0.2) is 12.4 Å². The van der Waals surface area contributed by atoms with Gasteiger partial charge in [0.05, 0.1) is 0 Å². The van der Waals surface area contributed by atoms with Crippen LogP contribution in [0.4, 0.5) is 0 Å². The molecule has 0 bridgehead atoms. The van der Waals surface area contributed by atoms with Gasteiger partial charge in [-0.2, -0.15) is 0 Å². The largest absolute Gasteiger partial charge is 0.358 e. The highest BCUT2D eigenvalue weighted by Crippen LogP contribution is 1.94. The van der Waals surface area contributed by atoms with Crippen LogP contribution in [0.15, 0.2) is 31.1 Å². The fraction of sp³-hybridized carbons (Fsp3) is 0.200. The Hall–Kier alpha value is -1.11. The zero-order valence-electron chi connectivity index (χ0n) is 7.25. The topological polar surface area (TPSA) is 3.88 Å². The first kappa shape index (κ1) is 9.89. The van der Waals surface area contributed by atoms with E-state index in [4.69, 9.17) is 0 Å². The molecular formula is C10H15N. The summed E-state index contributed by atoms with van der Waals surface area (Å²) in [4.78, 5) is 0. The molecule has 1 aromatic heterocycles. The molecule has 0 radical (unpaired) electrons. The minimum Gasteiger partial charge on any atom is -0.358 e. The van der Waals surface area contributed by atoms with Crippen LogP contribution in [0.25, 0.3) is 6.08 Å². The summed E-state index contributed by atoms with van der Waals surface area (Å²) in [5.41, 5.74) is 1.17. The average molecular weight is 149 g/mol. The molecule has 0 N–H and O–H groups in total. The van der Waals surface area contributed by atoms with Crippen LogP contribution in [0.5, 0.6) is 0 Å². The summed E-state index contributed by atoms with van der Waals surface area (Å²) in [6.07, 6.45) is 5.95. The number of hydrogen-bond donors (Lipinski definition) is 0. The molecule has 0 fully saturated rings. The Morgan fingerprint density at radius 1 is 1.45 bits per heavy atom. The van der Waals surface area contributed by atoms with Gasteiger partial charge in [-0.3, -0.25) is 0 Å². The molecule has 1 heterocycles. The molecule has 0 aliphatic rings. The Bertz CT molecular complexity index is 211. The van der Waals surface area contributed by atoms with E-state index in [2.05, 4.69) is 42.6 Å². The van der Waals surface area contributed by atoms with Crippen molar-refractivity contribution in [3.63, 3.8) is 0 Å². The van der Waals surface area contributed by atoms with Gasteiger partial charge in [0, 0.05) is 12.1 Å². The van der Waals surface area contributed by atoms with E-state index in [9.17, 15) is 0 Å². The molecule has 1 rings (SSSR count). The Labute approximate surface area is 69.0 Å². The molecule has 0 aliphatic carbocycles. The van der Waals surface area contributed by atoms with Gasteiger partial charge < -0.3 is 7.43 Å². The van der Waals surface area contributed by atoms with Gasteiger partial charge in [-0.05, 0) is 12.5 Å². The SMILES string of the molecule is C=Cc1cc[n+](CC)cc1.[CH3-]. The number of aromatic nitrogens is 1. The zero-order valence-corrected chi connectivity index (χ0v) is 7.25. The Morgan fingerprint density at radius 3 is 2.36 bits per heavy atom. The average Bonchev–Trinajstić information content (AvgIpc) is 2.05. The first-order valence-corrected chi connectivity index (χ1v) is 3.48. The summed E-state index contributed by atoms with van der Waals surface area (Å²) in [7, 11) is 0. The van der Waals surface area contributed by atoms with Gasteiger partial charge in [-0.25, -0.2) is 4.57 Å². The third-order valence-corrected chi connectivity index (χ3v) is 1.52. The summed E-state index contributed by atoms with van der Waals surface area (Å²) < 4.78 is 2.12. The minimum atomic E-state index is 0. The fourth-order valence-corrected chi connectivity index (χ4v) is 0.816. The fourth-order valence-electron chi connectivity index (χ4n) is 0.816. The van der Waals surface area contributed by atoms with Crippen LogP contribution >= 0.6 is 0 Å². The lowest BCUT2D eigenvalue weighted by Gasteiger charge is -1.90. The quantitative estimate of drug-likeness (QED) is 0.448. The smallest absolute Gasteiger partial charge is 0.169 e. The summed E-state index contributed by atoms with van der Waals surface area (Å²) >= 11 is 0. The Balaban J connectivity index is 0.000001000. The van der Waals surface area contributed by atoms with E-state index in [-0.39, 0.29) is 7.43 Å². The Morgan fingerprint density at radius 2 is 2.00 bits per heavy atom. The highest BCUT2D eigenvalue weighted by atomic mass is 14.9. The van der Waals surface area contributed by atoms with Crippen molar-refractivity contribution in [1.29, 1.82) is 0 Å². The summed E-state index contributed by atoms with van der Waals surface area (Å²) in [5.74, 6) is 0. The molecule has 0 aliphatic heterocycles. The number of rotatable bonds is 2. The third-order valence-electron chi connectivity index (χ3n) is 1.52. The first-order valence-electron chi connectivity index (χ1n) is 3.48. The zero-order chi connectivity index (χ0) is 7.40. The van der Waals surface area contributed by atoms with Crippen molar-refractivity contribution in [2.75, 3.05) is 0 Å². The van der Waals surface area contributed by atoms with E-state index < -0.39 is 0 Å². The first-order chi connectivity index (χ1) is 4.86. The maximum absolute atomic E-state index is 3.68. The lowest BCUT2D eigenvalue weighted by atomic mass is 10.3. The molecular weight excluding hydrogens is 134 g/mol. The molecule has 0 unspecified atom stereocenters. The van der Waals surface area contributed by atoms with Gasteiger partial charge in [0.2, 0.25) is 0 Å². The third kappa shape index (κ3) is 2.54. The van der Waals surface area contributed by atoms with Gasteiger partial charge >= 0.3 is 0 Å². The Kier molecular flexibility index (Phi) is 4.20. The predicted molar refractivity (Wildman–Crippen MR) is 48.8 cm³/mol. The summed E-state index contributed by atoms with van der Waals surface area (Å²) in [6.45, 7) is 6.82. The van der Waals surface area contributed by atoms with Crippen LogP contribution < -0.4 is 4.57 Å². The highest BCUT2D eigenvalue weighted by molar-refractivity contribution is 5.44. The molecule has 0 saturated carbocycles. The standard InChI is InChI=1S/C9H12N.CH3/c1-3-9-5-7-10(4-2)8-6-9;/h3,5-8H,1,4H2,2H3;1H3/q+1;-1. The molecule has 0 spiro atoms. The van der Waals surface area contributed by atoms with Crippen molar-refractivity contribution in [2.45, 2.75) is 13.5 Å². The molecule has 1 heteroatoms. The molecule has 1 aromatic rings. The van der Waals surface area contributed by atoms with Crippen molar-refractivity contribution in [3.05, 3.63) is 44.1 Å². The van der Waals surface area contributed by atoms with Gasteiger partial charge in [0.1, 0.15) is 6.54 Å². The molecule has 0 saturated heterocycles. The molecule has 0 amide bonds. The van der Waals surface area contributed by atoms with E-state index in [0.29, 0.717) is 0 Å². The summed E-state index contributed by atoms with van der Waals surface area (Å²) in [5, 5.41) is 0. The van der Waals surface area contributed by atoms with Crippen molar-refractivity contribution in [2.24, 2.45) is 0 Å². The second-order valence-electron chi connectivity index (χ2n) is 2.17. The van der Waals surface area contributed by atoms with E-state index >= 15 is 0 Å². The van der Waals surface area contributed by atoms with Crippen molar-refractivity contribution in [3.8, 4) is 0 Å². The second kappa shape index (κ2) is 4.67. The molecule has 11 heavy (non-hydrogen) atoms. The van der Waals surface area contributed by atoms with E-state index in [1.807, 2.05) is 6.08 Å². The van der Waals surface area contributed by atoms with E-state index in [0.717, 1.165) is 6.54 Å².